The molecule has 10 heteroatoms. The molecule has 1 amide bonds. The minimum atomic E-state index is -3.45. The first kappa shape index (κ1) is 20.1. The zero-order valence-electron chi connectivity index (χ0n) is 15.1. The Morgan fingerprint density at radius 3 is 2.50 bits per heavy atom. The summed E-state index contributed by atoms with van der Waals surface area (Å²) in [5.74, 6) is 0.577. The molecule has 0 aliphatic rings. The average molecular weight is 399 g/mol. The predicted octanol–water partition coefficient (Wildman–Crippen LogP) is 1.22. The van der Waals surface area contributed by atoms with Gasteiger partial charge in [-0.25, -0.2) is 8.42 Å². The van der Waals surface area contributed by atoms with Gasteiger partial charge in [0.2, 0.25) is 10.0 Å². The number of ether oxygens (including phenoxy) is 2. The zero-order valence-corrected chi connectivity index (χ0v) is 16.7. The molecule has 0 fully saturated rings. The van der Waals surface area contributed by atoms with Crippen LogP contribution in [0.4, 0.5) is 0 Å². The summed E-state index contributed by atoms with van der Waals surface area (Å²) in [6.07, 6.45) is 2.73. The molecule has 0 unspecified atom stereocenters. The molecule has 0 aliphatic carbocycles. The van der Waals surface area contributed by atoms with Gasteiger partial charge in [-0.05, 0) is 0 Å². The summed E-state index contributed by atoms with van der Waals surface area (Å²) in [4.78, 5) is 16.7. The summed E-state index contributed by atoms with van der Waals surface area (Å²) in [7, 11) is 0.973. The largest absolute Gasteiger partial charge is 0.493 e. The summed E-state index contributed by atoms with van der Waals surface area (Å²) in [5.41, 5.74) is 0.815. The maximum absolute atomic E-state index is 12.2. The van der Waals surface area contributed by atoms with Gasteiger partial charge in [-0.3, -0.25) is 4.79 Å². The summed E-state index contributed by atoms with van der Waals surface area (Å²) < 4.78 is 37.2. The van der Waals surface area contributed by atoms with Crippen LogP contribution in [0.5, 0.6) is 11.5 Å². The molecule has 26 heavy (non-hydrogen) atoms. The molecule has 0 saturated carbocycles. The predicted molar refractivity (Wildman–Crippen MR) is 101 cm³/mol. The number of hydrogen-bond acceptors (Lipinski definition) is 6. The van der Waals surface area contributed by atoms with Crippen molar-refractivity contribution in [3.63, 3.8) is 0 Å². The first-order chi connectivity index (χ1) is 12.2. The van der Waals surface area contributed by atoms with E-state index in [-0.39, 0.29) is 6.54 Å². The summed E-state index contributed by atoms with van der Waals surface area (Å²) >= 11 is 1.30. The normalized spacial score (nSPS) is 12.6. The van der Waals surface area contributed by atoms with Gasteiger partial charge in [0.1, 0.15) is 0 Å². The lowest BCUT2D eigenvalue weighted by Crippen LogP contribution is -2.31. The van der Waals surface area contributed by atoms with E-state index in [1.54, 1.807) is 26.4 Å². The Balaban J connectivity index is 2.57. The minimum Gasteiger partial charge on any atom is -0.493 e. The molecule has 0 spiro atoms. The van der Waals surface area contributed by atoms with Crippen LogP contribution in [0.1, 0.15) is 0 Å². The number of likely N-dealkylation sites (N-methyl/N-ethyl adjacent to an activating group) is 1. The molecule has 1 aromatic heterocycles. The van der Waals surface area contributed by atoms with Crippen LogP contribution in [0, 0.1) is 0 Å². The number of nitrogens with zero attached hydrogens (tertiary/aromatic N) is 3. The summed E-state index contributed by atoms with van der Waals surface area (Å²) in [6, 6.07) is 3.62. The maximum Gasteiger partial charge on any atom is 0.263 e. The van der Waals surface area contributed by atoms with E-state index in [9.17, 15) is 13.2 Å². The Labute approximate surface area is 156 Å². The lowest BCUT2D eigenvalue weighted by molar-refractivity contribution is -0.118. The van der Waals surface area contributed by atoms with E-state index in [1.165, 1.54) is 18.4 Å². The second kappa shape index (κ2) is 8.02. The van der Waals surface area contributed by atoms with Crippen LogP contribution in [0.25, 0.3) is 10.2 Å². The summed E-state index contributed by atoms with van der Waals surface area (Å²) in [6.45, 7) is 3.84. The lowest BCUT2D eigenvalue weighted by Gasteiger charge is -2.10. The second-order valence-corrected chi connectivity index (χ2v) is 8.58. The van der Waals surface area contributed by atoms with Gasteiger partial charge in [-0.1, -0.05) is 17.4 Å². The van der Waals surface area contributed by atoms with Gasteiger partial charge < -0.3 is 14.0 Å². The molecule has 2 rings (SSSR count). The van der Waals surface area contributed by atoms with Crippen molar-refractivity contribution in [2.45, 2.75) is 6.54 Å². The maximum atomic E-state index is 12.2. The fraction of sp³-hybridized carbons (Fsp3) is 0.375. The van der Waals surface area contributed by atoms with Crippen molar-refractivity contribution < 1.29 is 22.7 Å². The van der Waals surface area contributed by atoms with Gasteiger partial charge in [0.05, 0.1) is 37.2 Å². The standard InChI is InChI=1S/C16H21N3O5S2/c1-6-7-19-11-8-12(23-3)13(24-4)9-14(11)25-16(19)17-15(20)10-18(2)26(5,21)22/h6,8-9H,1,7,10H2,2-5H3. The molecule has 1 heterocycles. The van der Waals surface area contributed by atoms with Crippen molar-refractivity contribution in [1.29, 1.82) is 0 Å². The van der Waals surface area contributed by atoms with Crippen LogP contribution in [-0.4, -0.2) is 57.3 Å². The first-order valence-corrected chi connectivity index (χ1v) is 10.2. The van der Waals surface area contributed by atoms with E-state index in [2.05, 4.69) is 11.6 Å². The number of aromatic nitrogens is 1. The van der Waals surface area contributed by atoms with Crippen molar-refractivity contribution in [1.82, 2.24) is 8.87 Å². The number of carbonyl (C=O) groups is 1. The Hall–Kier alpha value is -2.17. The van der Waals surface area contributed by atoms with Crippen LogP contribution >= 0.6 is 11.3 Å². The van der Waals surface area contributed by atoms with E-state index in [0.29, 0.717) is 22.8 Å². The number of amides is 1. The smallest absolute Gasteiger partial charge is 0.263 e. The molecule has 0 atom stereocenters. The lowest BCUT2D eigenvalue weighted by atomic mass is 10.3. The fourth-order valence-electron chi connectivity index (χ4n) is 2.24. The van der Waals surface area contributed by atoms with E-state index in [4.69, 9.17) is 9.47 Å². The molecule has 142 valence electrons. The minimum absolute atomic E-state index is 0.326. The number of fused-ring (bicyclic) bond motifs is 1. The monoisotopic (exact) mass is 399 g/mol. The molecule has 1 aromatic carbocycles. The molecule has 8 nitrogen and oxygen atoms in total. The zero-order chi connectivity index (χ0) is 19.5. The third-order valence-electron chi connectivity index (χ3n) is 3.64. The van der Waals surface area contributed by atoms with Crippen LogP contribution in [0.2, 0.25) is 0 Å². The molecule has 0 radical (unpaired) electrons. The highest BCUT2D eigenvalue weighted by Gasteiger charge is 2.16. The molecule has 0 aliphatic heterocycles. The van der Waals surface area contributed by atoms with Crippen LogP contribution in [-0.2, 0) is 21.4 Å². The van der Waals surface area contributed by atoms with Crippen molar-refractivity contribution in [2.75, 3.05) is 34.1 Å². The number of carbonyl (C=O) groups excluding carboxylic acids is 1. The molecular formula is C16H21N3O5S2. The van der Waals surface area contributed by atoms with Crippen molar-refractivity contribution in [3.05, 3.63) is 29.6 Å². The van der Waals surface area contributed by atoms with Crippen molar-refractivity contribution in [2.24, 2.45) is 4.99 Å². The molecule has 0 bridgehead atoms. The quantitative estimate of drug-likeness (QED) is 0.653. The number of methoxy groups -OCH3 is 2. The van der Waals surface area contributed by atoms with Gasteiger partial charge in [-0.2, -0.15) is 9.30 Å². The highest BCUT2D eigenvalue weighted by atomic mass is 32.2. The molecule has 2 aromatic rings. The Bertz CT molecular complexity index is 1000. The van der Waals surface area contributed by atoms with E-state index >= 15 is 0 Å². The van der Waals surface area contributed by atoms with Gasteiger partial charge in [-0.15, -0.1) is 6.58 Å². The van der Waals surface area contributed by atoms with Crippen LogP contribution in [0.15, 0.2) is 29.8 Å². The number of hydrogen-bond donors (Lipinski definition) is 0. The number of sulfonamides is 1. The van der Waals surface area contributed by atoms with Gasteiger partial charge in [0.15, 0.2) is 16.3 Å². The number of rotatable bonds is 7. The third kappa shape index (κ3) is 4.32. The number of benzene rings is 1. The van der Waals surface area contributed by atoms with E-state index < -0.39 is 15.9 Å². The molecule has 0 N–H and O–H groups in total. The third-order valence-corrected chi connectivity index (χ3v) is 5.95. The topological polar surface area (TPSA) is 90.2 Å². The highest BCUT2D eigenvalue weighted by molar-refractivity contribution is 7.88. The van der Waals surface area contributed by atoms with Crippen LogP contribution < -0.4 is 14.3 Å². The highest BCUT2D eigenvalue weighted by Crippen LogP contribution is 2.33. The number of allylic oxidation sites excluding steroid dienone is 1. The van der Waals surface area contributed by atoms with Gasteiger partial charge >= 0.3 is 0 Å². The van der Waals surface area contributed by atoms with Crippen molar-refractivity contribution >= 4 is 37.5 Å². The average Bonchev–Trinajstić information content (AvgIpc) is 2.89. The summed E-state index contributed by atoms with van der Waals surface area (Å²) in [5, 5.41) is 0. The fourth-order valence-corrected chi connectivity index (χ4v) is 3.65. The Morgan fingerprint density at radius 1 is 1.35 bits per heavy atom. The van der Waals surface area contributed by atoms with E-state index in [0.717, 1.165) is 20.8 Å². The molecule has 0 saturated heterocycles. The van der Waals surface area contributed by atoms with Crippen LogP contribution in [0.3, 0.4) is 0 Å². The molecular weight excluding hydrogens is 378 g/mol. The number of thiazole rings is 1. The van der Waals surface area contributed by atoms with Gasteiger partial charge in [0, 0.05) is 25.7 Å². The first-order valence-electron chi connectivity index (χ1n) is 7.56. The van der Waals surface area contributed by atoms with Gasteiger partial charge in [0.25, 0.3) is 5.91 Å². The van der Waals surface area contributed by atoms with E-state index in [1.807, 2.05) is 10.6 Å². The Kier molecular flexibility index (Phi) is 6.21. The van der Waals surface area contributed by atoms with Crippen molar-refractivity contribution in [3.8, 4) is 11.5 Å². The second-order valence-electron chi connectivity index (χ2n) is 5.48. The SMILES string of the molecule is C=CCn1c(=NC(=O)CN(C)S(C)(=O)=O)sc2cc(OC)c(OC)cc21. The Morgan fingerprint density at radius 2 is 1.96 bits per heavy atom.